The molecule has 0 saturated heterocycles. The Morgan fingerprint density at radius 3 is 2.22 bits per heavy atom. The summed E-state index contributed by atoms with van der Waals surface area (Å²) in [7, 11) is 0. The number of ether oxygens (including phenoxy) is 3. The molecule has 1 aliphatic heterocycles. The van der Waals surface area contributed by atoms with E-state index in [-0.39, 0.29) is 0 Å². The van der Waals surface area contributed by atoms with Crippen LogP contribution in [-0.4, -0.2) is 9.97 Å². The zero-order chi connectivity index (χ0) is 18.2. The molecule has 0 saturated carbocycles. The van der Waals surface area contributed by atoms with Crippen LogP contribution in [0.15, 0.2) is 66.7 Å². The van der Waals surface area contributed by atoms with Crippen molar-refractivity contribution >= 4 is 22.6 Å². The van der Waals surface area contributed by atoms with E-state index in [0.29, 0.717) is 40.6 Å². The Balaban J connectivity index is 1.45. The molecule has 0 spiro atoms. The van der Waals surface area contributed by atoms with Crippen molar-refractivity contribution in [1.29, 1.82) is 0 Å². The first-order valence-electron chi connectivity index (χ1n) is 8.39. The summed E-state index contributed by atoms with van der Waals surface area (Å²) >= 11 is 5.92. The average Bonchev–Trinajstić information content (AvgIpc) is 2.70. The lowest BCUT2D eigenvalue weighted by atomic mass is 10.2. The van der Waals surface area contributed by atoms with Gasteiger partial charge in [-0.05, 0) is 42.0 Å². The molecule has 2 heterocycles. The van der Waals surface area contributed by atoms with Gasteiger partial charge in [0.05, 0.1) is 11.0 Å². The molecule has 6 heteroatoms. The topological polar surface area (TPSA) is 53.5 Å². The highest BCUT2D eigenvalue weighted by Crippen LogP contribution is 2.48. The van der Waals surface area contributed by atoms with Gasteiger partial charge in [-0.15, -0.1) is 0 Å². The van der Waals surface area contributed by atoms with Crippen molar-refractivity contribution in [2.75, 3.05) is 0 Å². The Kier molecular flexibility index (Phi) is 3.80. The van der Waals surface area contributed by atoms with Gasteiger partial charge >= 0.3 is 0 Å². The van der Waals surface area contributed by atoms with E-state index >= 15 is 0 Å². The normalized spacial score (nSPS) is 11.9. The Hall–Kier alpha value is -3.31. The third kappa shape index (κ3) is 3.02. The average molecular weight is 377 g/mol. The molecule has 3 aromatic carbocycles. The van der Waals surface area contributed by atoms with Gasteiger partial charge in [-0.2, -0.15) is 0 Å². The van der Waals surface area contributed by atoms with Crippen LogP contribution in [-0.2, 0) is 6.61 Å². The SMILES string of the molecule is Clc1ccc(COc2cccc3c2Oc2nc4ccccc4nc2O3)cc1. The van der Waals surface area contributed by atoms with E-state index in [4.69, 9.17) is 25.8 Å². The monoisotopic (exact) mass is 376 g/mol. The van der Waals surface area contributed by atoms with Crippen molar-refractivity contribution in [1.82, 2.24) is 9.97 Å². The molecule has 0 unspecified atom stereocenters. The van der Waals surface area contributed by atoms with Gasteiger partial charge in [-0.3, -0.25) is 0 Å². The number of hydrogen-bond donors (Lipinski definition) is 0. The summed E-state index contributed by atoms with van der Waals surface area (Å²) in [5.41, 5.74) is 2.49. The van der Waals surface area contributed by atoms with E-state index in [1.807, 2.05) is 66.7 Å². The first kappa shape index (κ1) is 15.9. The summed E-state index contributed by atoms with van der Waals surface area (Å²) < 4.78 is 17.8. The predicted octanol–water partition coefficient (Wildman–Crippen LogP) is 5.76. The lowest BCUT2D eigenvalue weighted by molar-refractivity contribution is 0.273. The zero-order valence-electron chi connectivity index (χ0n) is 14.1. The van der Waals surface area contributed by atoms with E-state index in [1.165, 1.54) is 0 Å². The summed E-state index contributed by atoms with van der Waals surface area (Å²) in [4.78, 5) is 8.99. The molecule has 0 atom stereocenters. The number of nitrogens with zero attached hydrogens (tertiary/aromatic N) is 2. The third-order valence-corrected chi connectivity index (χ3v) is 4.42. The van der Waals surface area contributed by atoms with Gasteiger partial charge < -0.3 is 14.2 Å². The molecular weight excluding hydrogens is 364 g/mol. The Bertz CT molecular complexity index is 1150. The van der Waals surface area contributed by atoms with E-state index in [2.05, 4.69) is 9.97 Å². The summed E-state index contributed by atoms with van der Waals surface area (Å²) in [6, 6.07) is 20.6. The van der Waals surface area contributed by atoms with Crippen LogP contribution < -0.4 is 14.2 Å². The fourth-order valence-corrected chi connectivity index (χ4v) is 2.96. The number of halogens is 1. The molecule has 0 N–H and O–H groups in total. The fourth-order valence-electron chi connectivity index (χ4n) is 2.83. The molecule has 0 aliphatic carbocycles. The van der Waals surface area contributed by atoms with Crippen molar-refractivity contribution in [3.63, 3.8) is 0 Å². The molecule has 0 bridgehead atoms. The highest BCUT2D eigenvalue weighted by atomic mass is 35.5. The van der Waals surface area contributed by atoms with Crippen molar-refractivity contribution in [3.05, 3.63) is 77.3 Å². The smallest absolute Gasteiger partial charge is 0.284 e. The van der Waals surface area contributed by atoms with Gasteiger partial charge in [-0.25, -0.2) is 9.97 Å². The number of aromatic nitrogens is 2. The number of rotatable bonds is 3. The molecular formula is C21H13ClN2O3. The molecule has 0 amide bonds. The molecule has 132 valence electrons. The van der Waals surface area contributed by atoms with Crippen LogP contribution in [0.2, 0.25) is 5.02 Å². The van der Waals surface area contributed by atoms with Crippen LogP contribution in [0.3, 0.4) is 0 Å². The minimum Gasteiger partial charge on any atom is -0.485 e. The molecule has 1 aliphatic rings. The van der Waals surface area contributed by atoms with Crippen LogP contribution >= 0.6 is 11.6 Å². The van der Waals surface area contributed by atoms with Crippen LogP contribution in [0.1, 0.15) is 5.56 Å². The van der Waals surface area contributed by atoms with E-state index in [0.717, 1.165) is 16.6 Å². The molecule has 0 radical (unpaired) electrons. The van der Waals surface area contributed by atoms with Crippen molar-refractivity contribution in [2.24, 2.45) is 0 Å². The van der Waals surface area contributed by atoms with Crippen molar-refractivity contribution in [2.45, 2.75) is 6.61 Å². The second kappa shape index (κ2) is 6.45. The van der Waals surface area contributed by atoms with Crippen LogP contribution in [0.4, 0.5) is 0 Å². The zero-order valence-corrected chi connectivity index (χ0v) is 14.8. The maximum Gasteiger partial charge on any atom is 0.284 e. The predicted molar refractivity (Wildman–Crippen MR) is 102 cm³/mol. The van der Waals surface area contributed by atoms with E-state index in [1.54, 1.807) is 0 Å². The molecule has 0 fully saturated rings. The van der Waals surface area contributed by atoms with E-state index in [9.17, 15) is 0 Å². The minimum atomic E-state index is 0.323. The van der Waals surface area contributed by atoms with Gasteiger partial charge in [-0.1, -0.05) is 41.9 Å². The third-order valence-electron chi connectivity index (χ3n) is 4.16. The van der Waals surface area contributed by atoms with Gasteiger partial charge in [0, 0.05) is 5.02 Å². The summed E-state index contributed by atoms with van der Waals surface area (Å²) in [6.07, 6.45) is 0. The number of hydrogen-bond acceptors (Lipinski definition) is 5. The number of fused-ring (bicyclic) bond motifs is 3. The first-order valence-corrected chi connectivity index (χ1v) is 8.77. The molecule has 1 aromatic heterocycles. The Morgan fingerprint density at radius 1 is 0.778 bits per heavy atom. The summed E-state index contributed by atoms with van der Waals surface area (Å²) in [6.45, 7) is 0.382. The highest BCUT2D eigenvalue weighted by Gasteiger charge is 2.25. The largest absolute Gasteiger partial charge is 0.485 e. The number of benzene rings is 3. The molecule has 27 heavy (non-hydrogen) atoms. The van der Waals surface area contributed by atoms with Crippen LogP contribution in [0.5, 0.6) is 29.0 Å². The second-order valence-corrected chi connectivity index (χ2v) is 6.46. The van der Waals surface area contributed by atoms with Gasteiger partial charge in [0.15, 0.2) is 11.5 Å². The molecule has 5 nitrogen and oxygen atoms in total. The summed E-state index contributed by atoms with van der Waals surface area (Å²) in [5.74, 6) is 2.27. The van der Waals surface area contributed by atoms with Gasteiger partial charge in [0.25, 0.3) is 11.8 Å². The quantitative estimate of drug-likeness (QED) is 0.400. The van der Waals surface area contributed by atoms with E-state index < -0.39 is 0 Å². The van der Waals surface area contributed by atoms with Gasteiger partial charge in [0.2, 0.25) is 5.75 Å². The highest BCUT2D eigenvalue weighted by molar-refractivity contribution is 6.30. The lowest BCUT2D eigenvalue weighted by Gasteiger charge is -2.21. The maximum atomic E-state index is 5.98. The van der Waals surface area contributed by atoms with Gasteiger partial charge in [0.1, 0.15) is 6.61 Å². The lowest BCUT2D eigenvalue weighted by Crippen LogP contribution is -2.05. The summed E-state index contributed by atoms with van der Waals surface area (Å²) in [5, 5.41) is 0.690. The maximum absolute atomic E-state index is 5.98. The molecule has 5 rings (SSSR count). The van der Waals surface area contributed by atoms with Crippen molar-refractivity contribution in [3.8, 4) is 29.0 Å². The second-order valence-electron chi connectivity index (χ2n) is 6.03. The standard InChI is InChI=1S/C21H13ClN2O3/c22-14-10-8-13(9-11-14)12-25-17-6-3-7-18-19(17)27-21-20(26-18)23-15-4-1-2-5-16(15)24-21/h1-11H,12H2. The first-order chi connectivity index (χ1) is 13.3. The van der Waals surface area contributed by atoms with Crippen LogP contribution in [0, 0.1) is 0 Å². The Labute approximate surface area is 160 Å². The minimum absolute atomic E-state index is 0.323. The fraction of sp³-hybridized carbons (Fsp3) is 0.0476. The number of para-hydroxylation sites is 3. The van der Waals surface area contributed by atoms with Crippen molar-refractivity contribution < 1.29 is 14.2 Å². The van der Waals surface area contributed by atoms with Crippen LogP contribution in [0.25, 0.3) is 11.0 Å². The molecule has 4 aromatic rings. The Morgan fingerprint density at radius 2 is 1.48 bits per heavy atom.